The van der Waals surface area contributed by atoms with Crippen LogP contribution in [0.1, 0.15) is 18.6 Å². The fourth-order valence-corrected chi connectivity index (χ4v) is 2.60. The number of aliphatic imine (C=N–C) groups is 1. The van der Waals surface area contributed by atoms with Gasteiger partial charge in [0.15, 0.2) is 5.96 Å². The summed E-state index contributed by atoms with van der Waals surface area (Å²) >= 11 is 0. The summed E-state index contributed by atoms with van der Waals surface area (Å²) in [5.74, 6) is 0.714. The number of ether oxygens (including phenoxy) is 1. The summed E-state index contributed by atoms with van der Waals surface area (Å²) < 4.78 is 19.0. The minimum absolute atomic E-state index is 0.0592. The first-order valence-corrected chi connectivity index (χ1v) is 6.81. The van der Waals surface area contributed by atoms with Crippen molar-refractivity contribution in [1.82, 2.24) is 9.80 Å². The molecule has 2 rings (SSSR count). The zero-order chi connectivity index (χ0) is 14.7. The van der Waals surface area contributed by atoms with E-state index in [1.54, 1.807) is 19.2 Å². The Morgan fingerprint density at radius 1 is 1.30 bits per heavy atom. The summed E-state index contributed by atoms with van der Waals surface area (Å²) in [6, 6.07) is 6.52. The van der Waals surface area contributed by atoms with Crippen molar-refractivity contribution in [3.05, 3.63) is 35.6 Å². The lowest BCUT2D eigenvalue weighted by molar-refractivity contribution is -0.0618. The molecule has 1 aromatic rings. The van der Waals surface area contributed by atoms with Gasteiger partial charge in [0.1, 0.15) is 11.9 Å². The lowest BCUT2D eigenvalue weighted by atomic mass is 10.1. The molecule has 5 heteroatoms. The summed E-state index contributed by atoms with van der Waals surface area (Å²) in [6.07, 6.45) is 0.0477. The van der Waals surface area contributed by atoms with Gasteiger partial charge in [-0.3, -0.25) is 4.99 Å². The quantitative estimate of drug-likeness (QED) is 0.582. The molecule has 110 valence electrons. The molecule has 0 radical (unpaired) electrons. The van der Waals surface area contributed by atoms with Gasteiger partial charge in [-0.2, -0.15) is 0 Å². The second-order valence-corrected chi connectivity index (χ2v) is 5.31. The van der Waals surface area contributed by atoms with E-state index in [0.717, 1.165) is 24.6 Å². The van der Waals surface area contributed by atoms with Crippen LogP contribution < -0.4 is 0 Å². The molecule has 4 nitrogen and oxygen atoms in total. The van der Waals surface area contributed by atoms with Gasteiger partial charge in [0.2, 0.25) is 0 Å². The first kappa shape index (κ1) is 14.8. The van der Waals surface area contributed by atoms with Crippen LogP contribution in [0.4, 0.5) is 4.39 Å². The van der Waals surface area contributed by atoms with Gasteiger partial charge in [0.05, 0.1) is 12.6 Å². The summed E-state index contributed by atoms with van der Waals surface area (Å²) in [7, 11) is 5.76. The minimum Gasteiger partial charge on any atom is -0.367 e. The van der Waals surface area contributed by atoms with Gasteiger partial charge in [-0.1, -0.05) is 12.1 Å². The van der Waals surface area contributed by atoms with Crippen molar-refractivity contribution < 1.29 is 9.13 Å². The Kier molecular flexibility index (Phi) is 4.60. The zero-order valence-electron chi connectivity index (χ0n) is 12.5. The fraction of sp³-hybridized carbons (Fsp3) is 0.533. The van der Waals surface area contributed by atoms with Crippen molar-refractivity contribution in [3.8, 4) is 0 Å². The summed E-state index contributed by atoms with van der Waals surface area (Å²) in [5.41, 5.74) is 0.997. The van der Waals surface area contributed by atoms with Crippen molar-refractivity contribution in [3.63, 3.8) is 0 Å². The van der Waals surface area contributed by atoms with Crippen LogP contribution in [0, 0.1) is 5.82 Å². The van der Waals surface area contributed by atoms with E-state index >= 15 is 0 Å². The zero-order valence-corrected chi connectivity index (χ0v) is 12.5. The summed E-state index contributed by atoms with van der Waals surface area (Å²) in [5, 5.41) is 0. The topological polar surface area (TPSA) is 28.1 Å². The Morgan fingerprint density at radius 3 is 2.50 bits per heavy atom. The van der Waals surface area contributed by atoms with Crippen molar-refractivity contribution in [2.45, 2.75) is 19.1 Å². The molecule has 0 saturated carbocycles. The van der Waals surface area contributed by atoms with E-state index in [0.29, 0.717) is 0 Å². The minimum atomic E-state index is -0.224. The molecule has 20 heavy (non-hydrogen) atoms. The number of hydrogen-bond acceptors (Lipinski definition) is 2. The highest BCUT2D eigenvalue weighted by atomic mass is 19.1. The van der Waals surface area contributed by atoms with Gasteiger partial charge in [0, 0.05) is 27.7 Å². The normalized spacial score (nSPS) is 23.9. The first-order valence-electron chi connectivity index (χ1n) is 6.81. The molecule has 1 aliphatic rings. The lowest BCUT2D eigenvalue weighted by Gasteiger charge is -2.40. The molecule has 1 fully saturated rings. The molecule has 1 aromatic carbocycles. The third-order valence-electron chi connectivity index (χ3n) is 3.38. The smallest absolute Gasteiger partial charge is 0.195 e. The molecule has 1 saturated heterocycles. The van der Waals surface area contributed by atoms with Crippen LogP contribution in [-0.2, 0) is 4.74 Å². The molecule has 0 aliphatic carbocycles. The third-order valence-corrected chi connectivity index (χ3v) is 3.38. The maximum atomic E-state index is 13.0. The Labute approximate surface area is 119 Å². The van der Waals surface area contributed by atoms with Crippen molar-refractivity contribution in [1.29, 1.82) is 0 Å². The largest absolute Gasteiger partial charge is 0.367 e. The molecule has 0 spiro atoms. The molecule has 2 atom stereocenters. The van der Waals surface area contributed by atoms with E-state index in [1.165, 1.54) is 12.1 Å². The molecule has 0 amide bonds. The van der Waals surface area contributed by atoms with E-state index in [1.807, 2.05) is 25.9 Å². The number of nitrogens with zero attached hydrogens (tertiary/aromatic N) is 3. The Hall–Kier alpha value is -1.62. The predicted octanol–water partition coefficient (Wildman–Crippen LogP) is 2.13. The summed E-state index contributed by atoms with van der Waals surface area (Å²) in [4.78, 5) is 8.55. The van der Waals surface area contributed by atoms with E-state index in [2.05, 4.69) is 9.89 Å². The van der Waals surface area contributed by atoms with Crippen LogP contribution in [0.25, 0.3) is 0 Å². The van der Waals surface area contributed by atoms with E-state index < -0.39 is 0 Å². The van der Waals surface area contributed by atoms with Gasteiger partial charge < -0.3 is 14.5 Å². The van der Waals surface area contributed by atoms with Gasteiger partial charge >= 0.3 is 0 Å². The first-order chi connectivity index (χ1) is 9.51. The van der Waals surface area contributed by atoms with E-state index in [9.17, 15) is 4.39 Å². The molecular formula is C15H22FN3O. The molecule has 2 unspecified atom stereocenters. The van der Waals surface area contributed by atoms with Crippen LogP contribution >= 0.6 is 0 Å². The number of rotatable bonds is 1. The maximum absolute atomic E-state index is 13.0. The average molecular weight is 279 g/mol. The van der Waals surface area contributed by atoms with Crippen molar-refractivity contribution in [2.75, 3.05) is 34.2 Å². The fourth-order valence-electron chi connectivity index (χ4n) is 2.60. The highest BCUT2D eigenvalue weighted by Gasteiger charge is 2.28. The van der Waals surface area contributed by atoms with E-state index in [4.69, 9.17) is 4.74 Å². The lowest BCUT2D eigenvalue weighted by Crippen LogP contribution is -2.50. The van der Waals surface area contributed by atoms with Crippen LogP contribution in [0.3, 0.4) is 0 Å². The standard InChI is InChI=1S/C15H22FN3O/c1-11-9-19(15(17-2)18(3)4)10-14(20-11)12-5-7-13(16)8-6-12/h5-8,11,14H,9-10H2,1-4H3. The maximum Gasteiger partial charge on any atom is 0.195 e. The van der Waals surface area contributed by atoms with Crippen LogP contribution in [0.5, 0.6) is 0 Å². The molecule has 0 bridgehead atoms. The van der Waals surface area contributed by atoms with E-state index in [-0.39, 0.29) is 18.0 Å². The van der Waals surface area contributed by atoms with Gasteiger partial charge in [-0.25, -0.2) is 4.39 Å². The second kappa shape index (κ2) is 6.22. The van der Waals surface area contributed by atoms with Crippen molar-refractivity contribution >= 4 is 5.96 Å². The number of morpholine rings is 1. The highest BCUT2D eigenvalue weighted by molar-refractivity contribution is 5.79. The molecular weight excluding hydrogens is 257 g/mol. The predicted molar refractivity (Wildman–Crippen MR) is 78.3 cm³/mol. The van der Waals surface area contributed by atoms with Crippen LogP contribution in [-0.4, -0.2) is 56.1 Å². The molecule has 0 N–H and O–H groups in total. The second-order valence-electron chi connectivity index (χ2n) is 5.31. The van der Waals surface area contributed by atoms with Crippen LogP contribution in [0.15, 0.2) is 29.3 Å². The van der Waals surface area contributed by atoms with Crippen molar-refractivity contribution in [2.24, 2.45) is 4.99 Å². The Balaban J connectivity index is 2.18. The Bertz CT molecular complexity index is 473. The third kappa shape index (κ3) is 3.28. The monoisotopic (exact) mass is 279 g/mol. The molecule has 0 aromatic heterocycles. The van der Waals surface area contributed by atoms with Gasteiger partial charge in [-0.15, -0.1) is 0 Å². The number of guanidine groups is 1. The summed E-state index contributed by atoms with van der Waals surface area (Å²) in [6.45, 7) is 3.58. The molecule has 1 aliphatic heterocycles. The number of halogens is 1. The average Bonchev–Trinajstić information content (AvgIpc) is 2.39. The highest BCUT2D eigenvalue weighted by Crippen LogP contribution is 2.25. The van der Waals surface area contributed by atoms with Gasteiger partial charge in [-0.05, 0) is 24.6 Å². The Morgan fingerprint density at radius 2 is 1.95 bits per heavy atom. The SMILES string of the molecule is CN=C(N(C)C)N1CC(C)OC(c2ccc(F)cc2)C1. The number of hydrogen-bond donors (Lipinski definition) is 0. The number of benzene rings is 1. The van der Waals surface area contributed by atoms with Crippen LogP contribution in [0.2, 0.25) is 0 Å². The molecule has 1 heterocycles. The van der Waals surface area contributed by atoms with Gasteiger partial charge in [0.25, 0.3) is 0 Å².